The summed E-state index contributed by atoms with van der Waals surface area (Å²) in [5, 5.41) is 16.0. The highest BCUT2D eigenvalue weighted by atomic mass is 16.5. The molecular formula is C12H18N4O4. The Morgan fingerprint density at radius 2 is 2.25 bits per heavy atom. The van der Waals surface area contributed by atoms with Gasteiger partial charge >= 0.3 is 11.9 Å². The van der Waals surface area contributed by atoms with Crippen LogP contribution in [0.2, 0.25) is 0 Å². The van der Waals surface area contributed by atoms with Crippen LogP contribution in [0, 0.1) is 5.92 Å². The van der Waals surface area contributed by atoms with Gasteiger partial charge in [-0.05, 0) is 25.7 Å². The first kappa shape index (κ1) is 14.2. The number of hydrogen-bond donors (Lipinski definition) is 3. The molecule has 1 aromatic heterocycles. The van der Waals surface area contributed by atoms with Crippen molar-refractivity contribution in [2.45, 2.75) is 32.4 Å². The molecule has 1 aliphatic carbocycles. The van der Waals surface area contributed by atoms with E-state index < -0.39 is 18.5 Å². The van der Waals surface area contributed by atoms with E-state index in [0.29, 0.717) is 5.92 Å². The number of aromatic nitrogens is 2. The van der Waals surface area contributed by atoms with Gasteiger partial charge in [-0.1, -0.05) is 0 Å². The van der Waals surface area contributed by atoms with Crippen molar-refractivity contribution >= 4 is 23.6 Å². The van der Waals surface area contributed by atoms with Crippen molar-refractivity contribution in [2.24, 2.45) is 5.92 Å². The summed E-state index contributed by atoms with van der Waals surface area (Å²) in [6, 6.07) is 0.144. The monoisotopic (exact) mass is 282 g/mol. The molecule has 0 spiro atoms. The summed E-state index contributed by atoms with van der Waals surface area (Å²) in [5.41, 5.74) is 5.88. The molecule has 0 aromatic carbocycles. The fourth-order valence-corrected chi connectivity index (χ4v) is 2.06. The summed E-state index contributed by atoms with van der Waals surface area (Å²) in [6.45, 7) is 1.58. The van der Waals surface area contributed by atoms with Crippen LogP contribution >= 0.6 is 0 Å². The Kier molecular flexibility index (Phi) is 3.82. The van der Waals surface area contributed by atoms with Crippen LogP contribution in [0.5, 0.6) is 0 Å². The lowest BCUT2D eigenvalue weighted by molar-refractivity contribution is -0.137. The molecule has 1 heterocycles. The molecule has 8 heteroatoms. The zero-order valence-corrected chi connectivity index (χ0v) is 11.4. The molecule has 0 bridgehead atoms. The van der Waals surface area contributed by atoms with Crippen LogP contribution in [0.25, 0.3) is 0 Å². The minimum Gasteiger partial charge on any atom is -0.480 e. The second kappa shape index (κ2) is 5.40. The van der Waals surface area contributed by atoms with E-state index in [1.807, 2.05) is 6.92 Å². The maximum atomic E-state index is 11.8. The number of hydrogen-bond acceptors (Lipinski definition) is 6. The largest absolute Gasteiger partial charge is 0.480 e. The van der Waals surface area contributed by atoms with Crippen LogP contribution in [0.1, 0.15) is 30.1 Å². The first-order chi connectivity index (χ1) is 9.43. The van der Waals surface area contributed by atoms with Gasteiger partial charge in [-0.25, -0.2) is 9.48 Å². The molecular weight excluding hydrogens is 264 g/mol. The number of rotatable bonds is 6. The van der Waals surface area contributed by atoms with Gasteiger partial charge in [0.15, 0.2) is 5.82 Å². The van der Waals surface area contributed by atoms with Crippen LogP contribution in [0.15, 0.2) is 0 Å². The van der Waals surface area contributed by atoms with E-state index in [2.05, 4.69) is 15.2 Å². The Labute approximate surface area is 115 Å². The maximum Gasteiger partial charge on any atom is 0.345 e. The van der Waals surface area contributed by atoms with Gasteiger partial charge in [-0.3, -0.25) is 4.79 Å². The van der Waals surface area contributed by atoms with Crippen molar-refractivity contribution < 1.29 is 19.4 Å². The lowest BCUT2D eigenvalue weighted by Gasteiger charge is -2.12. The fraction of sp³-hybridized carbons (Fsp3) is 0.583. The predicted molar refractivity (Wildman–Crippen MR) is 71.4 cm³/mol. The number of esters is 1. The highest BCUT2D eigenvalue weighted by Crippen LogP contribution is 2.35. The Morgan fingerprint density at radius 1 is 1.60 bits per heavy atom. The number of aliphatic carboxylic acids is 1. The third kappa shape index (κ3) is 2.84. The summed E-state index contributed by atoms with van der Waals surface area (Å²) in [4.78, 5) is 22.5. The highest BCUT2D eigenvalue weighted by Gasteiger charge is 2.31. The minimum atomic E-state index is -1.09. The van der Waals surface area contributed by atoms with Crippen LogP contribution < -0.4 is 11.1 Å². The SMILES string of the molecule is COC(=O)c1c(NC(C)C2CC2)nn(CC(=O)O)c1N. The average molecular weight is 282 g/mol. The van der Waals surface area contributed by atoms with E-state index in [-0.39, 0.29) is 23.2 Å². The second-order valence-electron chi connectivity index (χ2n) is 4.92. The summed E-state index contributed by atoms with van der Waals surface area (Å²) >= 11 is 0. The first-order valence-corrected chi connectivity index (χ1v) is 6.37. The zero-order valence-electron chi connectivity index (χ0n) is 11.4. The predicted octanol–water partition coefficient (Wildman–Crippen LogP) is 0.547. The normalized spacial score (nSPS) is 15.7. The lowest BCUT2D eigenvalue weighted by Crippen LogP contribution is -2.19. The van der Waals surface area contributed by atoms with Crippen molar-refractivity contribution in [3.05, 3.63) is 5.56 Å². The second-order valence-corrected chi connectivity index (χ2v) is 4.92. The smallest absolute Gasteiger partial charge is 0.345 e. The number of nitrogen functional groups attached to an aromatic ring is 1. The van der Waals surface area contributed by atoms with Gasteiger partial charge in [-0.15, -0.1) is 0 Å². The molecule has 0 radical (unpaired) electrons. The molecule has 1 unspecified atom stereocenters. The first-order valence-electron chi connectivity index (χ1n) is 6.37. The number of methoxy groups -OCH3 is 1. The van der Waals surface area contributed by atoms with E-state index in [0.717, 1.165) is 17.5 Å². The Morgan fingerprint density at radius 3 is 2.75 bits per heavy atom. The van der Waals surface area contributed by atoms with Crippen LogP contribution in [0.4, 0.5) is 11.6 Å². The Hall–Kier alpha value is -2.25. The van der Waals surface area contributed by atoms with Crippen molar-refractivity contribution in [1.29, 1.82) is 0 Å². The molecule has 0 aliphatic heterocycles. The van der Waals surface area contributed by atoms with Gasteiger partial charge in [0.2, 0.25) is 0 Å². The molecule has 1 fully saturated rings. The van der Waals surface area contributed by atoms with Crippen molar-refractivity contribution in [3.8, 4) is 0 Å². The summed E-state index contributed by atoms with van der Waals surface area (Å²) in [7, 11) is 1.24. The van der Waals surface area contributed by atoms with E-state index in [1.54, 1.807) is 0 Å². The maximum absolute atomic E-state index is 11.8. The van der Waals surface area contributed by atoms with E-state index in [9.17, 15) is 9.59 Å². The number of nitrogens with zero attached hydrogens (tertiary/aromatic N) is 2. The number of carboxylic acid groups (broad SMARTS) is 1. The summed E-state index contributed by atoms with van der Waals surface area (Å²) in [5.74, 6) is -0.909. The van der Waals surface area contributed by atoms with Gasteiger partial charge in [0.25, 0.3) is 0 Å². The average Bonchev–Trinajstić information content (AvgIpc) is 3.17. The molecule has 1 atom stereocenters. The number of carbonyl (C=O) groups excluding carboxylic acids is 1. The van der Waals surface area contributed by atoms with Crippen molar-refractivity contribution in [3.63, 3.8) is 0 Å². The Balaban J connectivity index is 2.31. The number of nitrogens with two attached hydrogens (primary N) is 1. The van der Waals surface area contributed by atoms with E-state index in [4.69, 9.17) is 10.8 Å². The molecule has 0 amide bonds. The molecule has 20 heavy (non-hydrogen) atoms. The third-order valence-electron chi connectivity index (χ3n) is 3.36. The molecule has 1 aromatic rings. The topological polar surface area (TPSA) is 119 Å². The molecule has 0 saturated heterocycles. The van der Waals surface area contributed by atoms with Crippen LogP contribution in [-0.4, -0.2) is 40.0 Å². The van der Waals surface area contributed by atoms with Gasteiger partial charge in [0.05, 0.1) is 7.11 Å². The number of ether oxygens (including phenoxy) is 1. The van der Waals surface area contributed by atoms with Crippen molar-refractivity contribution in [2.75, 3.05) is 18.2 Å². The van der Waals surface area contributed by atoms with E-state index in [1.165, 1.54) is 7.11 Å². The van der Waals surface area contributed by atoms with E-state index >= 15 is 0 Å². The Bertz CT molecular complexity index is 536. The fourth-order valence-electron chi connectivity index (χ4n) is 2.06. The number of carboxylic acids is 1. The number of nitrogens with one attached hydrogen (secondary N) is 1. The number of anilines is 2. The van der Waals surface area contributed by atoms with Crippen LogP contribution in [-0.2, 0) is 16.1 Å². The highest BCUT2D eigenvalue weighted by molar-refractivity contribution is 5.99. The van der Waals surface area contributed by atoms with Gasteiger partial charge in [0, 0.05) is 6.04 Å². The molecule has 2 rings (SSSR count). The molecule has 4 N–H and O–H groups in total. The van der Waals surface area contributed by atoms with Gasteiger partial charge in [0.1, 0.15) is 17.9 Å². The lowest BCUT2D eigenvalue weighted by atomic mass is 10.2. The standard InChI is InChI=1S/C12H18N4O4/c1-6(7-3-4-7)14-11-9(12(19)20-2)10(13)16(15-11)5-8(17)18/h6-7H,3-5,13H2,1-2H3,(H,14,15)(H,17,18). The summed E-state index contributed by atoms with van der Waals surface area (Å²) in [6.07, 6.45) is 2.26. The van der Waals surface area contributed by atoms with Gasteiger partial charge in [-0.2, -0.15) is 5.10 Å². The van der Waals surface area contributed by atoms with Crippen molar-refractivity contribution in [1.82, 2.24) is 9.78 Å². The minimum absolute atomic E-state index is 0.00949. The number of carbonyl (C=O) groups is 2. The molecule has 1 saturated carbocycles. The van der Waals surface area contributed by atoms with Gasteiger partial charge < -0.3 is 20.9 Å². The zero-order chi connectivity index (χ0) is 14.9. The molecule has 8 nitrogen and oxygen atoms in total. The molecule has 110 valence electrons. The third-order valence-corrected chi connectivity index (χ3v) is 3.36. The quantitative estimate of drug-likeness (QED) is 0.651. The summed E-state index contributed by atoms with van der Waals surface area (Å²) < 4.78 is 5.75. The van der Waals surface area contributed by atoms with Crippen LogP contribution in [0.3, 0.4) is 0 Å². The molecule has 1 aliphatic rings.